The molecular formula is C30H29NO7. The fraction of sp³-hybridized carbons (Fsp3) is 0.233. The van der Waals surface area contributed by atoms with Crippen molar-refractivity contribution in [1.29, 1.82) is 0 Å². The van der Waals surface area contributed by atoms with Gasteiger partial charge in [0.1, 0.15) is 5.75 Å². The molecule has 0 amide bonds. The van der Waals surface area contributed by atoms with Crippen LogP contribution in [0.3, 0.4) is 0 Å². The summed E-state index contributed by atoms with van der Waals surface area (Å²) in [6.07, 6.45) is 1.12. The highest BCUT2D eigenvalue weighted by atomic mass is 16.5. The van der Waals surface area contributed by atoms with Crippen LogP contribution in [0.5, 0.6) is 5.75 Å². The van der Waals surface area contributed by atoms with E-state index in [1.54, 1.807) is 33.1 Å². The number of fused-ring (bicyclic) bond motifs is 3. The van der Waals surface area contributed by atoms with E-state index in [1.165, 1.54) is 7.11 Å². The number of hydrogen-bond acceptors (Lipinski definition) is 7. The molecule has 4 rings (SSSR count). The summed E-state index contributed by atoms with van der Waals surface area (Å²) in [6.45, 7) is 5.48. The highest BCUT2D eigenvalue weighted by Crippen LogP contribution is 2.46. The van der Waals surface area contributed by atoms with Gasteiger partial charge in [-0.2, -0.15) is 0 Å². The average Bonchev–Trinajstić information content (AvgIpc) is 3.26. The third-order valence-electron chi connectivity index (χ3n) is 6.25. The van der Waals surface area contributed by atoms with E-state index in [0.29, 0.717) is 28.1 Å². The number of ether oxygens (including phenoxy) is 4. The third kappa shape index (κ3) is 4.61. The Morgan fingerprint density at radius 2 is 1.50 bits per heavy atom. The van der Waals surface area contributed by atoms with Gasteiger partial charge in [-0.3, -0.25) is 0 Å². The summed E-state index contributed by atoms with van der Waals surface area (Å²) in [5.41, 5.74) is 3.49. The molecule has 8 heteroatoms. The number of esters is 3. The van der Waals surface area contributed by atoms with E-state index in [-0.39, 0.29) is 24.4 Å². The Kier molecular flexibility index (Phi) is 7.81. The predicted molar refractivity (Wildman–Crippen MR) is 144 cm³/mol. The largest absolute Gasteiger partial charge is 0.497 e. The van der Waals surface area contributed by atoms with E-state index in [0.717, 1.165) is 22.7 Å². The van der Waals surface area contributed by atoms with Crippen molar-refractivity contribution in [3.8, 4) is 22.6 Å². The van der Waals surface area contributed by atoms with Crippen LogP contribution in [0.15, 0.2) is 60.7 Å². The SMILES string of the molecule is CCOC(=O)/C=C(/C(=O)OCC)c1c2c(C(=O)OC)c3cccccc-3c2c(C)n1-c1ccc(OC)cc1. The molecule has 1 aromatic heterocycles. The van der Waals surface area contributed by atoms with Crippen molar-refractivity contribution in [2.75, 3.05) is 27.4 Å². The molecule has 0 fully saturated rings. The average molecular weight is 516 g/mol. The molecule has 0 N–H and O–H groups in total. The molecule has 0 radical (unpaired) electrons. The van der Waals surface area contributed by atoms with Gasteiger partial charge in [0.2, 0.25) is 0 Å². The van der Waals surface area contributed by atoms with Crippen molar-refractivity contribution in [2.24, 2.45) is 0 Å². The maximum atomic E-state index is 13.4. The van der Waals surface area contributed by atoms with Crippen molar-refractivity contribution in [1.82, 2.24) is 4.57 Å². The molecule has 2 aliphatic carbocycles. The number of rotatable bonds is 8. The Labute approximate surface area is 220 Å². The summed E-state index contributed by atoms with van der Waals surface area (Å²) in [5, 5.41) is 1.23. The lowest BCUT2D eigenvalue weighted by Gasteiger charge is -2.16. The Balaban J connectivity index is 2.24. The Bertz CT molecular complexity index is 1510. The number of carbonyl (C=O) groups is 3. The highest BCUT2D eigenvalue weighted by molar-refractivity contribution is 6.29. The zero-order valence-electron chi connectivity index (χ0n) is 22.0. The van der Waals surface area contributed by atoms with E-state index >= 15 is 0 Å². The van der Waals surface area contributed by atoms with Crippen molar-refractivity contribution in [2.45, 2.75) is 20.8 Å². The fourth-order valence-corrected chi connectivity index (χ4v) is 4.74. The van der Waals surface area contributed by atoms with E-state index in [4.69, 9.17) is 18.9 Å². The monoisotopic (exact) mass is 515 g/mol. The van der Waals surface area contributed by atoms with Crippen LogP contribution >= 0.6 is 0 Å². The van der Waals surface area contributed by atoms with E-state index in [9.17, 15) is 14.4 Å². The maximum Gasteiger partial charge on any atom is 0.340 e. The van der Waals surface area contributed by atoms with Gasteiger partial charge in [-0.1, -0.05) is 30.3 Å². The third-order valence-corrected chi connectivity index (χ3v) is 6.25. The van der Waals surface area contributed by atoms with Gasteiger partial charge in [0.25, 0.3) is 0 Å². The maximum absolute atomic E-state index is 13.4. The molecular weight excluding hydrogens is 486 g/mol. The summed E-state index contributed by atoms with van der Waals surface area (Å²) < 4.78 is 22.9. The molecule has 0 spiro atoms. The quantitative estimate of drug-likeness (QED) is 0.177. The lowest BCUT2D eigenvalue weighted by Crippen LogP contribution is -2.14. The number of carbonyl (C=O) groups excluding carboxylic acids is 3. The van der Waals surface area contributed by atoms with Crippen LogP contribution < -0.4 is 4.74 Å². The summed E-state index contributed by atoms with van der Waals surface area (Å²) >= 11 is 0. The number of methoxy groups -OCH3 is 2. The lowest BCUT2D eigenvalue weighted by atomic mass is 10.0. The number of nitrogens with zero attached hydrogens (tertiary/aromatic N) is 1. The molecule has 0 saturated carbocycles. The minimum absolute atomic E-state index is 0.0379. The Hall–Kier alpha value is -4.59. The molecule has 2 aliphatic rings. The number of hydrogen-bond donors (Lipinski definition) is 0. The smallest absolute Gasteiger partial charge is 0.340 e. The first-order chi connectivity index (χ1) is 18.4. The molecule has 0 bridgehead atoms. The van der Waals surface area contributed by atoms with Gasteiger partial charge < -0.3 is 23.5 Å². The molecule has 1 aromatic carbocycles. The Morgan fingerprint density at radius 1 is 0.842 bits per heavy atom. The molecule has 196 valence electrons. The molecule has 0 saturated heterocycles. The van der Waals surface area contributed by atoms with Crippen LogP contribution in [-0.2, 0) is 23.8 Å². The number of benzene rings is 1. The predicted octanol–water partition coefficient (Wildman–Crippen LogP) is 5.35. The summed E-state index contributed by atoms with van der Waals surface area (Å²) in [7, 11) is 2.88. The molecule has 0 aliphatic heterocycles. The van der Waals surface area contributed by atoms with Gasteiger partial charge in [-0.25, -0.2) is 14.4 Å². The topological polar surface area (TPSA) is 93.1 Å². The number of aromatic nitrogens is 1. The second-order valence-corrected chi connectivity index (χ2v) is 8.35. The molecule has 8 nitrogen and oxygen atoms in total. The van der Waals surface area contributed by atoms with Crippen molar-refractivity contribution < 1.29 is 33.3 Å². The summed E-state index contributed by atoms with van der Waals surface area (Å²) in [5.74, 6) is -1.34. The first-order valence-corrected chi connectivity index (χ1v) is 12.2. The van der Waals surface area contributed by atoms with Crippen LogP contribution in [0.25, 0.3) is 33.2 Å². The minimum atomic E-state index is -0.721. The van der Waals surface area contributed by atoms with Crippen molar-refractivity contribution in [3.05, 3.63) is 77.6 Å². The molecule has 0 atom stereocenters. The molecule has 0 unspecified atom stereocenters. The van der Waals surface area contributed by atoms with Gasteiger partial charge in [0.05, 0.1) is 44.3 Å². The van der Waals surface area contributed by atoms with Gasteiger partial charge in [-0.15, -0.1) is 0 Å². The van der Waals surface area contributed by atoms with Gasteiger partial charge in [0.15, 0.2) is 0 Å². The first kappa shape index (κ1) is 26.5. The van der Waals surface area contributed by atoms with Crippen LogP contribution in [0.1, 0.15) is 35.6 Å². The summed E-state index contributed by atoms with van der Waals surface area (Å²) in [4.78, 5) is 39.3. The fourth-order valence-electron chi connectivity index (χ4n) is 4.74. The minimum Gasteiger partial charge on any atom is -0.497 e. The highest BCUT2D eigenvalue weighted by Gasteiger charge is 2.34. The Morgan fingerprint density at radius 3 is 2.11 bits per heavy atom. The van der Waals surface area contributed by atoms with Crippen LogP contribution in [-0.4, -0.2) is 49.9 Å². The second kappa shape index (κ2) is 11.2. The van der Waals surface area contributed by atoms with Crippen LogP contribution in [0, 0.1) is 6.92 Å². The van der Waals surface area contributed by atoms with Gasteiger partial charge in [0, 0.05) is 28.2 Å². The van der Waals surface area contributed by atoms with Gasteiger partial charge >= 0.3 is 17.9 Å². The standard InChI is InChI=1S/C30H29NO7/c1-6-37-24(32)17-23(29(33)38-7-2)28-27-25(18(3)31(28)19-13-15-20(35-4)16-14-19)21-11-9-8-10-12-22(21)26(27)30(34)36-5/h8-17H,6-7H2,1-5H3/b23-17+. The molecule has 38 heavy (non-hydrogen) atoms. The molecule has 2 aromatic rings. The van der Waals surface area contributed by atoms with Crippen LogP contribution in [0.4, 0.5) is 0 Å². The molecule has 1 heterocycles. The first-order valence-electron chi connectivity index (χ1n) is 12.2. The second-order valence-electron chi connectivity index (χ2n) is 8.35. The van der Waals surface area contributed by atoms with E-state index < -0.39 is 17.9 Å². The normalized spacial score (nSPS) is 11.4. The van der Waals surface area contributed by atoms with E-state index in [1.807, 2.05) is 54.0 Å². The zero-order chi connectivity index (χ0) is 27.4. The van der Waals surface area contributed by atoms with Crippen molar-refractivity contribution >= 4 is 34.3 Å². The number of aryl methyl sites for hydroxylation is 1. The van der Waals surface area contributed by atoms with Gasteiger partial charge in [-0.05, 0) is 56.2 Å². The van der Waals surface area contributed by atoms with Crippen molar-refractivity contribution in [3.63, 3.8) is 0 Å². The lowest BCUT2D eigenvalue weighted by molar-refractivity contribution is -0.139. The van der Waals surface area contributed by atoms with Crippen LogP contribution in [0.2, 0.25) is 0 Å². The summed E-state index contributed by atoms with van der Waals surface area (Å²) in [6, 6.07) is 16.6. The van der Waals surface area contributed by atoms with E-state index in [2.05, 4.69) is 0 Å². The zero-order valence-corrected chi connectivity index (χ0v) is 22.0.